The van der Waals surface area contributed by atoms with Crippen LogP contribution in [0.25, 0.3) is 0 Å². The van der Waals surface area contributed by atoms with Crippen LogP contribution in [0.5, 0.6) is 0 Å². The van der Waals surface area contributed by atoms with Crippen molar-refractivity contribution in [1.82, 2.24) is 0 Å². The fourth-order valence-corrected chi connectivity index (χ4v) is 1.42. The molecule has 1 amide bonds. The fourth-order valence-electron chi connectivity index (χ4n) is 1.42. The van der Waals surface area contributed by atoms with E-state index < -0.39 is 0 Å². The Morgan fingerprint density at radius 2 is 1.93 bits per heavy atom. The number of amides is 1. The molecule has 0 saturated heterocycles. The molecule has 1 atom stereocenters. The second-order valence-electron chi connectivity index (χ2n) is 3.98. The molecule has 0 spiro atoms. The number of rotatable bonds is 9. The first kappa shape index (κ1) is 14.2. The second-order valence-corrected chi connectivity index (χ2v) is 3.98. The van der Waals surface area contributed by atoms with E-state index in [-0.39, 0.29) is 11.9 Å². The molecule has 15 heavy (non-hydrogen) atoms. The van der Waals surface area contributed by atoms with Crippen molar-refractivity contribution in [3.05, 3.63) is 12.2 Å². The quantitative estimate of drug-likeness (QED) is 0.454. The third-order valence-electron chi connectivity index (χ3n) is 2.31. The summed E-state index contributed by atoms with van der Waals surface area (Å²) in [7, 11) is 0. The molecule has 0 radical (unpaired) electrons. The maximum absolute atomic E-state index is 10.5. The highest BCUT2D eigenvalue weighted by Gasteiger charge is 2.04. The monoisotopic (exact) mass is 212 g/mol. The first-order valence-electron chi connectivity index (χ1n) is 5.85. The lowest BCUT2D eigenvalue weighted by Crippen LogP contribution is -2.27. The van der Waals surface area contributed by atoms with Gasteiger partial charge in [0.15, 0.2) is 0 Å². The Hall–Kier alpha value is -0.830. The largest absolute Gasteiger partial charge is 0.370 e. The number of carbonyl (C=O) groups excluding carboxylic acids is 1. The summed E-state index contributed by atoms with van der Waals surface area (Å²) < 4.78 is 0. The summed E-state index contributed by atoms with van der Waals surface area (Å²) in [6.07, 6.45) is 11.4. The van der Waals surface area contributed by atoms with Crippen LogP contribution in [0.4, 0.5) is 0 Å². The van der Waals surface area contributed by atoms with E-state index in [1.165, 1.54) is 19.3 Å². The van der Waals surface area contributed by atoms with Gasteiger partial charge in [-0.05, 0) is 25.7 Å². The normalized spacial score (nSPS) is 13.2. The van der Waals surface area contributed by atoms with Gasteiger partial charge in [-0.25, -0.2) is 0 Å². The van der Waals surface area contributed by atoms with E-state index in [1.54, 1.807) is 0 Å². The van der Waals surface area contributed by atoms with Gasteiger partial charge in [-0.2, -0.15) is 0 Å². The molecule has 0 saturated carbocycles. The van der Waals surface area contributed by atoms with Gasteiger partial charge < -0.3 is 11.5 Å². The van der Waals surface area contributed by atoms with Crippen LogP contribution in [0, 0.1) is 0 Å². The van der Waals surface area contributed by atoms with Gasteiger partial charge in [0, 0.05) is 12.5 Å². The molecule has 0 rings (SSSR count). The molecule has 0 aromatic carbocycles. The molecule has 4 N–H and O–H groups in total. The Labute approximate surface area is 92.9 Å². The van der Waals surface area contributed by atoms with Crippen molar-refractivity contribution in [1.29, 1.82) is 0 Å². The van der Waals surface area contributed by atoms with Gasteiger partial charge in [0.1, 0.15) is 0 Å². The van der Waals surface area contributed by atoms with E-state index >= 15 is 0 Å². The zero-order valence-electron chi connectivity index (χ0n) is 9.74. The topological polar surface area (TPSA) is 69.1 Å². The van der Waals surface area contributed by atoms with E-state index in [9.17, 15) is 4.79 Å². The van der Waals surface area contributed by atoms with Crippen molar-refractivity contribution in [2.75, 3.05) is 0 Å². The van der Waals surface area contributed by atoms with Crippen molar-refractivity contribution >= 4 is 5.91 Å². The van der Waals surface area contributed by atoms with Gasteiger partial charge >= 0.3 is 0 Å². The molecule has 3 nitrogen and oxygen atoms in total. The molecule has 1 unspecified atom stereocenters. The minimum atomic E-state index is -0.311. The summed E-state index contributed by atoms with van der Waals surface area (Å²) in [6, 6.07) is -0.0807. The minimum absolute atomic E-state index is 0.0807. The van der Waals surface area contributed by atoms with Crippen LogP contribution in [-0.2, 0) is 4.79 Å². The summed E-state index contributed by atoms with van der Waals surface area (Å²) in [6.45, 7) is 2.20. The summed E-state index contributed by atoms with van der Waals surface area (Å²) >= 11 is 0. The van der Waals surface area contributed by atoms with E-state index in [0.29, 0.717) is 6.42 Å². The molecular formula is C12H24N2O. The van der Waals surface area contributed by atoms with Crippen LogP contribution in [0.3, 0.4) is 0 Å². The Morgan fingerprint density at radius 3 is 2.53 bits per heavy atom. The van der Waals surface area contributed by atoms with Crippen molar-refractivity contribution in [2.45, 2.75) is 57.9 Å². The molecule has 3 heteroatoms. The third kappa shape index (κ3) is 11.1. The Bertz CT molecular complexity index is 190. The van der Waals surface area contributed by atoms with Crippen molar-refractivity contribution in [2.24, 2.45) is 11.5 Å². The number of unbranched alkanes of at least 4 members (excludes halogenated alkanes) is 3. The molecule has 0 aromatic rings. The first-order valence-corrected chi connectivity index (χ1v) is 5.85. The lowest BCUT2D eigenvalue weighted by molar-refractivity contribution is -0.118. The zero-order valence-corrected chi connectivity index (χ0v) is 9.74. The SMILES string of the molecule is CCCCC/C=C\CCC(N)CC(N)=O. The Morgan fingerprint density at radius 1 is 1.27 bits per heavy atom. The van der Waals surface area contributed by atoms with Crippen LogP contribution in [0.2, 0.25) is 0 Å². The Kier molecular flexibility index (Phi) is 9.18. The molecule has 0 aliphatic rings. The predicted molar refractivity (Wildman–Crippen MR) is 64.3 cm³/mol. The van der Waals surface area contributed by atoms with Crippen LogP contribution in [0.15, 0.2) is 12.2 Å². The van der Waals surface area contributed by atoms with Crippen LogP contribution in [-0.4, -0.2) is 11.9 Å². The average molecular weight is 212 g/mol. The van der Waals surface area contributed by atoms with Crippen LogP contribution >= 0.6 is 0 Å². The molecule has 0 heterocycles. The Balaban J connectivity index is 3.32. The van der Waals surface area contributed by atoms with E-state index in [4.69, 9.17) is 11.5 Å². The minimum Gasteiger partial charge on any atom is -0.370 e. The maximum atomic E-state index is 10.5. The van der Waals surface area contributed by atoms with E-state index in [2.05, 4.69) is 19.1 Å². The number of allylic oxidation sites excluding steroid dienone is 2. The van der Waals surface area contributed by atoms with Crippen molar-refractivity contribution in [3.8, 4) is 0 Å². The average Bonchev–Trinajstić information content (AvgIpc) is 2.15. The van der Waals surface area contributed by atoms with Gasteiger partial charge in [0.2, 0.25) is 5.91 Å². The lowest BCUT2D eigenvalue weighted by atomic mass is 10.1. The fraction of sp³-hybridized carbons (Fsp3) is 0.750. The number of carbonyl (C=O) groups is 1. The lowest BCUT2D eigenvalue weighted by Gasteiger charge is -2.06. The summed E-state index contributed by atoms with van der Waals surface area (Å²) in [4.78, 5) is 10.5. The summed E-state index contributed by atoms with van der Waals surface area (Å²) in [5, 5.41) is 0. The molecule has 0 aliphatic carbocycles. The highest BCUT2D eigenvalue weighted by atomic mass is 16.1. The van der Waals surface area contributed by atoms with Gasteiger partial charge in [-0.15, -0.1) is 0 Å². The molecule has 0 bridgehead atoms. The molecular weight excluding hydrogens is 188 g/mol. The van der Waals surface area contributed by atoms with E-state index in [1.807, 2.05) is 0 Å². The molecule has 0 fully saturated rings. The summed E-state index contributed by atoms with van der Waals surface area (Å²) in [5.41, 5.74) is 10.7. The standard InChI is InChI=1S/C12H24N2O/c1-2-3-4-5-6-7-8-9-11(13)10-12(14)15/h6-7,11H,2-5,8-10,13H2,1H3,(H2,14,15)/b7-6-. The van der Waals surface area contributed by atoms with Crippen LogP contribution in [0.1, 0.15) is 51.9 Å². The van der Waals surface area contributed by atoms with Gasteiger partial charge in [-0.3, -0.25) is 4.79 Å². The van der Waals surface area contributed by atoms with Gasteiger partial charge in [0.25, 0.3) is 0 Å². The van der Waals surface area contributed by atoms with E-state index in [0.717, 1.165) is 19.3 Å². The number of hydrogen-bond donors (Lipinski definition) is 2. The van der Waals surface area contributed by atoms with Crippen molar-refractivity contribution < 1.29 is 4.79 Å². The zero-order chi connectivity index (χ0) is 11.5. The highest BCUT2D eigenvalue weighted by molar-refractivity contribution is 5.74. The van der Waals surface area contributed by atoms with Crippen LogP contribution < -0.4 is 11.5 Å². The van der Waals surface area contributed by atoms with Crippen molar-refractivity contribution in [3.63, 3.8) is 0 Å². The van der Waals surface area contributed by atoms with Gasteiger partial charge in [0.05, 0.1) is 0 Å². The highest BCUT2D eigenvalue weighted by Crippen LogP contribution is 2.03. The molecule has 88 valence electrons. The number of primary amides is 1. The number of hydrogen-bond acceptors (Lipinski definition) is 2. The maximum Gasteiger partial charge on any atom is 0.218 e. The smallest absolute Gasteiger partial charge is 0.218 e. The molecule has 0 aliphatic heterocycles. The molecule has 0 aromatic heterocycles. The first-order chi connectivity index (χ1) is 7.16. The summed E-state index contributed by atoms with van der Waals surface area (Å²) in [5.74, 6) is -0.311. The number of nitrogens with two attached hydrogens (primary N) is 2. The van der Waals surface area contributed by atoms with Gasteiger partial charge in [-0.1, -0.05) is 31.9 Å². The predicted octanol–water partition coefficient (Wildman–Crippen LogP) is 2.11. The second kappa shape index (κ2) is 9.71. The third-order valence-corrected chi connectivity index (χ3v) is 2.31.